The number of halogens is 1. The second kappa shape index (κ2) is 5.37. The van der Waals surface area contributed by atoms with Crippen LogP contribution in [0, 0.1) is 5.82 Å². The van der Waals surface area contributed by atoms with E-state index >= 15 is 0 Å². The minimum Gasteiger partial charge on any atom is -0.310 e. The van der Waals surface area contributed by atoms with Crippen LogP contribution in [-0.2, 0) is 6.54 Å². The number of hydrogen-bond acceptors (Lipinski definition) is 2. The molecule has 1 aromatic heterocycles. The van der Waals surface area contributed by atoms with Gasteiger partial charge in [-0.05, 0) is 36.5 Å². The van der Waals surface area contributed by atoms with Crippen molar-refractivity contribution in [1.82, 2.24) is 15.1 Å². The summed E-state index contributed by atoms with van der Waals surface area (Å²) in [7, 11) is 0. The van der Waals surface area contributed by atoms with Crippen molar-refractivity contribution in [1.29, 1.82) is 0 Å². The number of hydrogen-bond donors (Lipinski definition) is 1. The first-order valence-corrected chi connectivity index (χ1v) is 7.22. The highest BCUT2D eigenvalue weighted by Crippen LogP contribution is 2.23. The van der Waals surface area contributed by atoms with Gasteiger partial charge in [0.1, 0.15) is 11.5 Å². The summed E-state index contributed by atoms with van der Waals surface area (Å²) in [4.78, 5) is 0. The molecule has 1 saturated carbocycles. The van der Waals surface area contributed by atoms with Gasteiger partial charge in [-0.1, -0.05) is 26.0 Å². The molecule has 2 aromatic rings. The molecule has 1 heterocycles. The molecule has 0 radical (unpaired) electrons. The fourth-order valence-electron chi connectivity index (χ4n) is 2.27. The minimum atomic E-state index is -0.224. The molecule has 1 N–H and O–H groups in total. The zero-order valence-corrected chi connectivity index (χ0v) is 11.9. The molecule has 0 aliphatic heterocycles. The zero-order chi connectivity index (χ0) is 14.1. The van der Waals surface area contributed by atoms with Crippen molar-refractivity contribution in [3.05, 3.63) is 47.5 Å². The Bertz CT molecular complexity index is 600. The summed E-state index contributed by atoms with van der Waals surface area (Å²) < 4.78 is 15.9. The van der Waals surface area contributed by atoms with Crippen molar-refractivity contribution in [3.8, 4) is 5.69 Å². The van der Waals surface area contributed by atoms with Crippen molar-refractivity contribution in [3.63, 3.8) is 0 Å². The fraction of sp³-hybridized carbons (Fsp3) is 0.438. The molecule has 0 unspecified atom stereocenters. The van der Waals surface area contributed by atoms with Gasteiger partial charge in [-0.25, -0.2) is 9.07 Å². The Hall–Kier alpha value is -1.68. The lowest BCUT2D eigenvalue weighted by molar-refractivity contribution is 0.598. The highest BCUT2D eigenvalue weighted by Gasteiger charge is 2.21. The van der Waals surface area contributed by atoms with E-state index in [1.165, 1.54) is 18.9 Å². The summed E-state index contributed by atoms with van der Waals surface area (Å²) in [6.45, 7) is 4.86. The molecule has 4 heteroatoms. The topological polar surface area (TPSA) is 29.9 Å². The van der Waals surface area contributed by atoms with Gasteiger partial charge in [0.2, 0.25) is 0 Å². The molecule has 0 saturated heterocycles. The van der Waals surface area contributed by atoms with Crippen LogP contribution in [0.25, 0.3) is 5.69 Å². The molecule has 106 valence electrons. The minimum absolute atomic E-state index is 0.224. The monoisotopic (exact) mass is 273 g/mol. The van der Waals surface area contributed by atoms with Crippen LogP contribution >= 0.6 is 0 Å². The van der Waals surface area contributed by atoms with Crippen LogP contribution in [-0.4, -0.2) is 15.8 Å². The number of nitrogens with zero attached hydrogens (tertiary/aromatic N) is 2. The molecule has 0 bridgehead atoms. The molecule has 1 fully saturated rings. The van der Waals surface area contributed by atoms with Crippen LogP contribution in [0.3, 0.4) is 0 Å². The van der Waals surface area contributed by atoms with E-state index < -0.39 is 0 Å². The molecule has 20 heavy (non-hydrogen) atoms. The molecular formula is C16H20FN3. The molecule has 0 spiro atoms. The van der Waals surface area contributed by atoms with E-state index in [0.717, 1.165) is 11.3 Å². The first-order chi connectivity index (χ1) is 9.65. The standard InChI is InChI=1S/C16H20FN3/c1-11(2)15-8-9-20(19-15)16-12(4-3-5-14(16)17)10-18-13-6-7-13/h3-5,8-9,11,13,18H,6-7,10H2,1-2H3. The van der Waals surface area contributed by atoms with Crippen LogP contribution in [0.2, 0.25) is 0 Å². The summed E-state index contributed by atoms with van der Waals surface area (Å²) in [5.74, 6) is 0.120. The van der Waals surface area contributed by atoms with Gasteiger partial charge >= 0.3 is 0 Å². The molecule has 1 aliphatic carbocycles. The second-order valence-corrected chi connectivity index (χ2v) is 5.74. The average molecular weight is 273 g/mol. The summed E-state index contributed by atoms with van der Waals surface area (Å²) >= 11 is 0. The highest BCUT2D eigenvalue weighted by molar-refractivity contribution is 5.42. The number of benzene rings is 1. The Morgan fingerprint density at radius 3 is 2.80 bits per heavy atom. The fourth-order valence-corrected chi connectivity index (χ4v) is 2.27. The molecule has 0 amide bonds. The lowest BCUT2D eigenvalue weighted by atomic mass is 10.1. The Kier molecular flexibility index (Phi) is 3.57. The van der Waals surface area contributed by atoms with Crippen molar-refractivity contribution in [2.75, 3.05) is 0 Å². The van der Waals surface area contributed by atoms with E-state index in [2.05, 4.69) is 24.3 Å². The van der Waals surface area contributed by atoms with E-state index in [1.54, 1.807) is 10.7 Å². The van der Waals surface area contributed by atoms with Crippen LogP contribution in [0.5, 0.6) is 0 Å². The van der Waals surface area contributed by atoms with Gasteiger partial charge < -0.3 is 5.32 Å². The average Bonchev–Trinajstić information content (AvgIpc) is 3.12. The number of para-hydroxylation sites is 1. The van der Waals surface area contributed by atoms with Gasteiger partial charge in [0, 0.05) is 18.8 Å². The van der Waals surface area contributed by atoms with Crippen molar-refractivity contribution in [2.24, 2.45) is 0 Å². The molecule has 3 rings (SSSR count). The molecule has 0 atom stereocenters. The lowest BCUT2D eigenvalue weighted by Gasteiger charge is -2.11. The van der Waals surface area contributed by atoms with Crippen LogP contribution in [0.1, 0.15) is 43.9 Å². The van der Waals surface area contributed by atoms with E-state index in [0.29, 0.717) is 24.2 Å². The Labute approximate surface area is 118 Å². The van der Waals surface area contributed by atoms with Crippen LogP contribution < -0.4 is 5.32 Å². The van der Waals surface area contributed by atoms with Crippen LogP contribution in [0.4, 0.5) is 4.39 Å². The molecule has 1 aromatic carbocycles. The first kappa shape index (κ1) is 13.3. The second-order valence-electron chi connectivity index (χ2n) is 5.74. The summed E-state index contributed by atoms with van der Waals surface area (Å²) in [5.41, 5.74) is 2.50. The highest BCUT2D eigenvalue weighted by atomic mass is 19.1. The van der Waals surface area contributed by atoms with Crippen LogP contribution in [0.15, 0.2) is 30.5 Å². The van der Waals surface area contributed by atoms with E-state index in [1.807, 2.05) is 18.3 Å². The first-order valence-electron chi connectivity index (χ1n) is 7.22. The summed E-state index contributed by atoms with van der Waals surface area (Å²) in [6, 6.07) is 7.78. The zero-order valence-electron chi connectivity index (χ0n) is 11.9. The Balaban J connectivity index is 1.92. The third-order valence-corrected chi connectivity index (χ3v) is 3.66. The van der Waals surface area contributed by atoms with Gasteiger partial charge in [0.05, 0.1) is 5.69 Å². The molecule has 1 aliphatic rings. The summed E-state index contributed by atoms with van der Waals surface area (Å²) in [6.07, 6.45) is 4.29. The van der Waals surface area contributed by atoms with E-state index in [9.17, 15) is 4.39 Å². The quantitative estimate of drug-likeness (QED) is 0.905. The number of aromatic nitrogens is 2. The normalized spacial score (nSPS) is 15.0. The van der Waals surface area contributed by atoms with Gasteiger partial charge in [0.25, 0.3) is 0 Å². The largest absolute Gasteiger partial charge is 0.310 e. The number of rotatable bonds is 5. The Morgan fingerprint density at radius 2 is 2.15 bits per heavy atom. The maximum absolute atomic E-state index is 14.2. The van der Waals surface area contributed by atoms with Crippen molar-refractivity contribution >= 4 is 0 Å². The predicted octanol–water partition coefficient (Wildman–Crippen LogP) is 3.39. The van der Waals surface area contributed by atoms with Gasteiger partial charge in [-0.3, -0.25) is 0 Å². The molecule has 3 nitrogen and oxygen atoms in total. The van der Waals surface area contributed by atoms with Gasteiger partial charge in [0.15, 0.2) is 0 Å². The van der Waals surface area contributed by atoms with Crippen molar-refractivity contribution < 1.29 is 4.39 Å². The predicted molar refractivity (Wildman–Crippen MR) is 77.5 cm³/mol. The van der Waals surface area contributed by atoms with Crippen molar-refractivity contribution in [2.45, 2.75) is 45.2 Å². The summed E-state index contributed by atoms with van der Waals surface area (Å²) in [5, 5.41) is 7.93. The van der Waals surface area contributed by atoms with Gasteiger partial charge in [-0.15, -0.1) is 0 Å². The third kappa shape index (κ3) is 2.75. The molecular weight excluding hydrogens is 253 g/mol. The van der Waals surface area contributed by atoms with E-state index in [-0.39, 0.29) is 5.82 Å². The maximum atomic E-state index is 14.2. The maximum Gasteiger partial charge on any atom is 0.149 e. The Morgan fingerprint density at radius 1 is 1.35 bits per heavy atom. The number of nitrogens with one attached hydrogen (secondary N) is 1. The lowest BCUT2D eigenvalue weighted by Crippen LogP contribution is -2.17. The smallest absolute Gasteiger partial charge is 0.149 e. The third-order valence-electron chi connectivity index (χ3n) is 3.66. The van der Waals surface area contributed by atoms with Gasteiger partial charge in [-0.2, -0.15) is 5.10 Å². The van der Waals surface area contributed by atoms with E-state index in [4.69, 9.17) is 0 Å². The SMILES string of the molecule is CC(C)c1ccn(-c2c(F)cccc2CNC2CC2)n1.